The van der Waals surface area contributed by atoms with Crippen LogP contribution in [0.2, 0.25) is 0 Å². The quantitative estimate of drug-likeness (QED) is 0.186. The zero-order valence-corrected chi connectivity index (χ0v) is 26.4. The van der Waals surface area contributed by atoms with Gasteiger partial charge in [0.15, 0.2) is 0 Å². The number of nitrogens with two attached hydrogens (primary N) is 1. The van der Waals surface area contributed by atoms with Crippen LogP contribution in [0, 0.1) is 6.92 Å². The van der Waals surface area contributed by atoms with Gasteiger partial charge in [-0.1, -0.05) is 117 Å². The van der Waals surface area contributed by atoms with E-state index in [-0.39, 0.29) is 6.10 Å². The minimum atomic E-state index is 0.241. The Labute approximate surface area is 227 Å². The van der Waals surface area contributed by atoms with Gasteiger partial charge >= 0.3 is 0 Å². The lowest BCUT2D eigenvalue weighted by Gasteiger charge is -2.20. The summed E-state index contributed by atoms with van der Waals surface area (Å²) < 4.78 is 5.80. The van der Waals surface area contributed by atoms with E-state index >= 15 is 0 Å². The molecular formula is C34H63NO. The first-order valence-electron chi connectivity index (χ1n) is 14.2. The third-order valence-electron chi connectivity index (χ3n) is 5.14. The summed E-state index contributed by atoms with van der Waals surface area (Å²) in [7, 11) is 0. The fraction of sp³-hybridized carbons (Fsp3) is 0.588. The SMILES string of the molecule is C=C(C)CCCC.C=C(OC(CC)CCC)/C(C)=C(/N)C(=C)C.CC.CC.CCc1ccc(C)cc1. The lowest BCUT2D eigenvalue weighted by atomic mass is 10.1. The summed E-state index contributed by atoms with van der Waals surface area (Å²) in [6, 6.07) is 8.66. The summed E-state index contributed by atoms with van der Waals surface area (Å²) in [5, 5.41) is 0. The highest BCUT2D eigenvalue weighted by Crippen LogP contribution is 2.19. The predicted molar refractivity (Wildman–Crippen MR) is 169 cm³/mol. The Morgan fingerprint density at radius 1 is 0.861 bits per heavy atom. The number of hydrogen-bond donors (Lipinski definition) is 1. The highest BCUT2D eigenvalue weighted by Gasteiger charge is 2.10. The van der Waals surface area contributed by atoms with Crippen molar-refractivity contribution in [2.75, 3.05) is 0 Å². The molecule has 1 atom stereocenters. The average molecular weight is 502 g/mol. The van der Waals surface area contributed by atoms with Crippen LogP contribution in [0.25, 0.3) is 0 Å². The van der Waals surface area contributed by atoms with E-state index in [9.17, 15) is 0 Å². The molecule has 2 N–H and O–H groups in total. The molecule has 0 bridgehead atoms. The first-order valence-corrected chi connectivity index (χ1v) is 14.2. The summed E-state index contributed by atoms with van der Waals surface area (Å²) >= 11 is 0. The van der Waals surface area contributed by atoms with E-state index in [2.05, 4.69) is 85.5 Å². The molecule has 0 amide bonds. The second-order valence-electron chi connectivity index (χ2n) is 8.58. The van der Waals surface area contributed by atoms with Gasteiger partial charge in [-0.15, -0.1) is 6.58 Å². The molecule has 0 aromatic heterocycles. The molecule has 210 valence electrons. The van der Waals surface area contributed by atoms with Crippen LogP contribution in [0.5, 0.6) is 0 Å². The third-order valence-corrected chi connectivity index (χ3v) is 5.14. The van der Waals surface area contributed by atoms with Crippen LogP contribution >= 0.6 is 0 Å². The number of benzene rings is 1. The maximum Gasteiger partial charge on any atom is 0.117 e. The van der Waals surface area contributed by atoms with Crippen molar-refractivity contribution in [3.63, 3.8) is 0 Å². The average Bonchev–Trinajstić information content (AvgIpc) is 2.89. The zero-order valence-electron chi connectivity index (χ0n) is 26.4. The standard InChI is InChI=1S/C14H25NO.C9H12.C7H14.2C2H6/c1-7-9-13(8-2)16-12(6)11(5)14(15)10(3)4;1-3-9-6-4-8(2)5-7-9;1-4-5-6-7(2)3;2*1-2/h13H,3,6-9,15H2,1-2,4-5H3;4-7H,3H2,1-2H3;2,4-6H2,1,3H3;2*1-2H3/b14-11+;;;;. The van der Waals surface area contributed by atoms with Crippen LogP contribution in [0.15, 0.2) is 72.2 Å². The Hall–Kier alpha value is -2.22. The predicted octanol–water partition coefficient (Wildman–Crippen LogP) is 11.3. The Morgan fingerprint density at radius 2 is 1.36 bits per heavy atom. The van der Waals surface area contributed by atoms with E-state index < -0.39 is 0 Å². The minimum Gasteiger partial charge on any atom is -0.491 e. The molecule has 0 fully saturated rings. The van der Waals surface area contributed by atoms with Gasteiger partial charge < -0.3 is 10.5 Å². The molecule has 2 nitrogen and oxygen atoms in total. The lowest BCUT2D eigenvalue weighted by Crippen LogP contribution is -2.13. The minimum absolute atomic E-state index is 0.241. The molecule has 2 heteroatoms. The number of unbranched alkanes of at least 4 members (excludes halogenated alkanes) is 1. The normalized spacial score (nSPS) is 10.7. The van der Waals surface area contributed by atoms with Crippen molar-refractivity contribution in [3.8, 4) is 0 Å². The topological polar surface area (TPSA) is 35.2 Å². The Kier molecular flexibility index (Phi) is 33.0. The van der Waals surface area contributed by atoms with E-state index in [1.54, 1.807) is 0 Å². The molecule has 0 aliphatic carbocycles. The van der Waals surface area contributed by atoms with Gasteiger partial charge in [0.1, 0.15) is 5.76 Å². The Bertz CT molecular complexity index is 694. The number of ether oxygens (including phenoxy) is 1. The summed E-state index contributed by atoms with van der Waals surface area (Å²) in [5.41, 5.74) is 12.4. The van der Waals surface area contributed by atoms with Crippen LogP contribution in [0.3, 0.4) is 0 Å². The van der Waals surface area contributed by atoms with Crippen molar-refractivity contribution in [1.29, 1.82) is 0 Å². The van der Waals surface area contributed by atoms with Crippen molar-refractivity contribution in [2.24, 2.45) is 5.73 Å². The molecule has 36 heavy (non-hydrogen) atoms. The lowest BCUT2D eigenvalue weighted by molar-refractivity contribution is 0.110. The highest BCUT2D eigenvalue weighted by atomic mass is 16.5. The van der Waals surface area contributed by atoms with Gasteiger partial charge in [0.2, 0.25) is 0 Å². The molecule has 0 heterocycles. The Balaban J connectivity index is -0.000000216. The summed E-state index contributed by atoms with van der Waals surface area (Å²) in [5.74, 6) is 0.667. The van der Waals surface area contributed by atoms with Gasteiger partial charge in [-0.2, -0.15) is 0 Å². The molecule has 1 rings (SSSR count). The fourth-order valence-electron chi connectivity index (χ4n) is 2.73. The van der Waals surface area contributed by atoms with Crippen LogP contribution in [0.4, 0.5) is 0 Å². The van der Waals surface area contributed by atoms with E-state index in [1.165, 1.54) is 36.0 Å². The molecule has 1 aromatic rings. The van der Waals surface area contributed by atoms with Crippen molar-refractivity contribution >= 4 is 0 Å². The van der Waals surface area contributed by atoms with E-state index in [0.29, 0.717) is 11.5 Å². The van der Waals surface area contributed by atoms with E-state index in [0.717, 1.165) is 36.8 Å². The van der Waals surface area contributed by atoms with Crippen LogP contribution in [-0.4, -0.2) is 6.10 Å². The van der Waals surface area contributed by atoms with E-state index in [4.69, 9.17) is 10.5 Å². The van der Waals surface area contributed by atoms with Gasteiger partial charge in [0, 0.05) is 11.3 Å². The van der Waals surface area contributed by atoms with Gasteiger partial charge in [-0.3, -0.25) is 0 Å². The van der Waals surface area contributed by atoms with Crippen molar-refractivity contribution in [1.82, 2.24) is 0 Å². The molecule has 0 aliphatic heterocycles. The van der Waals surface area contributed by atoms with Crippen molar-refractivity contribution < 1.29 is 4.74 Å². The van der Waals surface area contributed by atoms with Crippen molar-refractivity contribution in [3.05, 3.63) is 83.3 Å². The third kappa shape index (κ3) is 24.9. The zero-order chi connectivity index (χ0) is 29.1. The second-order valence-corrected chi connectivity index (χ2v) is 8.58. The van der Waals surface area contributed by atoms with Gasteiger partial charge in [-0.05, 0) is 70.9 Å². The van der Waals surface area contributed by atoms with Gasteiger partial charge in [0.05, 0.1) is 6.10 Å². The second kappa shape index (κ2) is 29.0. The number of aryl methyl sites for hydroxylation is 2. The number of rotatable bonds is 11. The summed E-state index contributed by atoms with van der Waals surface area (Å²) in [6.45, 7) is 36.2. The molecule has 0 spiro atoms. The maximum atomic E-state index is 5.89. The largest absolute Gasteiger partial charge is 0.491 e. The summed E-state index contributed by atoms with van der Waals surface area (Å²) in [6.07, 6.45) is 8.33. The van der Waals surface area contributed by atoms with Gasteiger partial charge in [0.25, 0.3) is 0 Å². The smallest absolute Gasteiger partial charge is 0.117 e. The molecular weight excluding hydrogens is 438 g/mol. The number of allylic oxidation sites excluding steroid dienone is 3. The Morgan fingerprint density at radius 3 is 1.67 bits per heavy atom. The highest BCUT2D eigenvalue weighted by molar-refractivity contribution is 5.36. The van der Waals surface area contributed by atoms with E-state index in [1.807, 2.05) is 41.5 Å². The van der Waals surface area contributed by atoms with Crippen LogP contribution < -0.4 is 5.73 Å². The van der Waals surface area contributed by atoms with Crippen molar-refractivity contribution in [2.45, 2.75) is 134 Å². The first-order chi connectivity index (χ1) is 17.0. The van der Waals surface area contributed by atoms with Crippen LogP contribution in [-0.2, 0) is 11.2 Å². The molecule has 0 radical (unpaired) electrons. The molecule has 0 aliphatic rings. The monoisotopic (exact) mass is 501 g/mol. The maximum absolute atomic E-state index is 5.89. The number of hydrogen-bond acceptors (Lipinski definition) is 2. The first kappa shape index (κ1) is 40.9. The fourth-order valence-corrected chi connectivity index (χ4v) is 2.73. The molecule has 0 saturated carbocycles. The van der Waals surface area contributed by atoms with Crippen LogP contribution in [0.1, 0.15) is 126 Å². The molecule has 1 unspecified atom stereocenters. The molecule has 1 aromatic carbocycles. The molecule has 0 saturated heterocycles. The summed E-state index contributed by atoms with van der Waals surface area (Å²) in [4.78, 5) is 0. The van der Waals surface area contributed by atoms with Gasteiger partial charge in [-0.25, -0.2) is 0 Å².